The van der Waals surface area contributed by atoms with E-state index in [1.807, 2.05) is 13.8 Å². The molecule has 1 amide bonds. The standard InChI is InChI=1S/C16H26N4O3/c1-11(2)16-18-15(19-23-16)13-4-3-6-20(13)9-14(21)17-8-12-5-7-22-10-12/h11-13H,3-10H2,1-2H3,(H,17,21)/t12-,13-/m0/s1. The number of ether oxygens (including phenoxy) is 1. The highest BCUT2D eigenvalue weighted by molar-refractivity contribution is 5.78. The smallest absolute Gasteiger partial charge is 0.234 e. The number of nitrogens with one attached hydrogen (secondary N) is 1. The van der Waals surface area contributed by atoms with E-state index >= 15 is 0 Å². The fourth-order valence-electron chi connectivity index (χ4n) is 3.17. The highest BCUT2D eigenvalue weighted by Gasteiger charge is 2.31. The Bertz CT molecular complexity index is 525. The van der Waals surface area contributed by atoms with Crippen molar-refractivity contribution in [2.24, 2.45) is 5.92 Å². The van der Waals surface area contributed by atoms with E-state index in [1.165, 1.54) is 0 Å². The van der Waals surface area contributed by atoms with Gasteiger partial charge in [0.05, 0.1) is 19.2 Å². The number of hydrogen-bond acceptors (Lipinski definition) is 6. The van der Waals surface area contributed by atoms with Gasteiger partial charge in [-0.15, -0.1) is 0 Å². The number of carbonyl (C=O) groups excluding carboxylic acids is 1. The van der Waals surface area contributed by atoms with E-state index in [0.29, 0.717) is 30.7 Å². The third kappa shape index (κ3) is 4.09. The van der Waals surface area contributed by atoms with Gasteiger partial charge in [0.1, 0.15) is 0 Å². The van der Waals surface area contributed by atoms with Crippen LogP contribution in [0.25, 0.3) is 0 Å². The molecule has 1 N–H and O–H groups in total. The average molecular weight is 322 g/mol. The van der Waals surface area contributed by atoms with Crippen molar-refractivity contribution in [2.75, 3.05) is 32.8 Å². The summed E-state index contributed by atoms with van der Waals surface area (Å²) in [7, 11) is 0. The quantitative estimate of drug-likeness (QED) is 0.854. The second-order valence-corrected chi connectivity index (χ2v) is 6.81. The largest absolute Gasteiger partial charge is 0.381 e. The van der Waals surface area contributed by atoms with E-state index in [9.17, 15) is 4.79 Å². The van der Waals surface area contributed by atoms with Crippen molar-refractivity contribution in [1.29, 1.82) is 0 Å². The zero-order valence-corrected chi connectivity index (χ0v) is 14.0. The first kappa shape index (κ1) is 16.4. The van der Waals surface area contributed by atoms with Gasteiger partial charge in [-0.25, -0.2) is 0 Å². The molecular weight excluding hydrogens is 296 g/mol. The number of carbonyl (C=O) groups is 1. The van der Waals surface area contributed by atoms with Crippen molar-refractivity contribution in [2.45, 2.75) is 45.1 Å². The Morgan fingerprint density at radius 1 is 1.43 bits per heavy atom. The fourth-order valence-corrected chi connectivity index (χ4v) is 3.17. The van der Waals surface area contributed by atoms with Gasteiger partial charge in [-0.05, 0) is 25.8 Å². The van der Waals surface area contributed by atoms with Gasteiger partial charge in [0.2, 0.25) is 11.8 Å². The summed E-state index contributed by atoms with van der Waals surface area (Å²) in [5, 5.41) is 7.13. The summed E-state index contributed by atoms with van der Waals surface area (Å²) < 4.78 is 10.6. The molecule has 0 unspecified atom stereocenters. The monoisotopic (exact) mass is 322 g/mol. The molecule has 7 heteroatoms. The van der Waals surface area contributed by atoms with Crippen molar-refractivity contribution >= 4 is 5.91 Å². The van der Waals surface area contributed by atoms with E-state index < -0.39 is 0 Å². The lowest BCUT2D eigenvalue weighted by atomic mass is 10.1. The second-order valence-electron chi connectivity index (χ2n) is 6.81. The number of nitrogens with zero attached hydrogens (tertiary/aromatic N) is 3. The summed E-state index contributed by atoms with van der Waals surface area (Å²) in [6, 6.07) is 0.0896. The third-order valence-electron chi connectivity index (χ3n) is 4.57. The number of aromatic nitrogens is 2. The number of hydrogen-bond donors (Lipinski definition) is 1. The van der Waals surface area contributed by atoms with Gasteiger partial charge in [-0.2, -0.15) is 4.98 Å². The van der Waals surface area contributed by atoms with Crippen LogP contribution in [-0.4, -0.2) is 53.8 Å². The van der Waals surface area contributed by atoms with Crippen molar-refractivity contribution in [3.05, 3.63) is 11.7 Å². The molecule has 2 atom stereocenters. The first-order chi connectivity index (χ1) is 11.1. The van der Waals surface area contributed by atoms with Gasteiger partial charge in [0.25, 0.3) is 0 Å². The Labute approximate surface area is 136 Å². The van der Waals surface area contributed by atoms with Crippen LogP contribution in [0.3, 0.4) is 0 Å². The molecule has 128 valence electrons. The maximum absolute atomic E-state index is 12.2. The average Bonchev–Trinajstić information content (AvgIpc) is 3.26. The summed E-state index contributed by atoms with van der Waals surface area (Å²) in [6.45, 7) is 7.63. The van der Waals surface area contributed by atoms with Gasteiger partial charge in [0, 0.05) is 25.0 Å². The molecule has 0 saturated carbocycles. The molecular formula is C16H26N4O3. The first-order valence-corrected chi connectivity index (χ1v) is 8.55. The number of amides is 1. The molecule has 0 aliphatic carbocycles. The minimum Gasteiger partial charge on any atom is -0.381 e. The van der Waals surface area contributed by atoms with E-state index in [4.69, 9.17) is 9.26 Å². The normalized spacial score (nSPS) is 25.3. The zero-order valence-electron chi connectivity index (χ0n) is 14.0. The maximum Gasteiger partial charge on any atom is 0.234 e. The van der Waals surface area contributed by atoms with Crippen LogP contribution in [0.1, 0.15) is 56.8 Å². The molecule has 2 aliphatic rings. The lowest BCUT2D eigenvalue weighted by Gasteiger charge is -2.21. The zero-order chi connectivity index (χ0) is 16.2. The molecule has 3 rings (SSSR count). The SMILES string of the molecule is CC(C)c1nc([C@@H]2CCCN2CC(=O)NC[C@@H]2CCOC2)no1. The lowest BCUT2D eigenvalue weighted by molar-refractivity contribution is -0.122. The molecule has 7 nitrogen and oxygen atoms in total. The highest BCUT2D eigenvalue weighted by atomic mass is 16.5. The van der Waals surface area contributed by atoms with Gasteiger partial charge in [0.15, 0.2) is 5.82 Å². The molecule has 0 aromatic carbocycles. The van der Waals surface area contributed by atoms with Crippen LogP contribution in [-0.2, 0) is 9.53 Å². The molecule has 3 heterocycles. The van der Waals surface area contributed by atoms with Crippen LogP contribution in [0.2, 0.25) is 0 Å². The van der Waals surface area contributed by atoms with E-state index in [1.54, 1.807) is 0 Å². The minimum atomic E-state index is 0.0661. The van der Waals surface area contributed by atoms with Crippen molar-refractivity contribution in [3.63, 3.8) is 0 Å². The Morgan fingerprint density at radius 3 is 3.00 bits per heavy atom. The van der Waals surface area contributed by atoms with Crippen LogP contribution in [0.5, 0.6) is 0 Å². The summed E-state index contributed by atoms with van der Waals surface area (Å²) in [4.78, 5) is 18.8. The third-order valence-corrected chi connectivity index (χ3v) is 4.57. The Morgan fingerprint density at radius 2 is 2.30 bits per heavy atom. The summed E-state index contributed by atoms with van der Waals surface area (Å²) in [6.07, 6.45) is 3.06. The molecule has 0 bridgehead atoms. The fraction of sp³-hybridized carbons (Fsp3) is 0.812. The molecule has 23 heavy (non-hydrogen) atoms. The topological polar surface area (TPSA) is 80.5 Å². The molecule has 0 radical (unpaired) electrons. The highest BCUT2D eigenvalue weighted by Crippen LogP contribution is 2.30. The van der Waals surface area contributed by atoms with E-state index in [0.717, 1.165) is 39.0 Å². The molecule has 2 aliphatic heterocycles. The van der Waals surface area contributed by atoms with Gasteiger partial charge < -0.3 is 14.6 Å². The molecule has 2 fully saturated rings. The molecule has 0 spiro atoms. The number of likely N-dealkylation sites (tertiary alicyclic amines) is 1. The maximum atomic E-state index is 12.2. The predicted molar refractivity (Wildman–Crippen MR) is 83.9 cm³/mol. The predicted octanol–water partition coefficient (Wildman–Crippen LogP) is 1.48. The van der Waals surface area contributed by atoms with Gasteiger partial charge in [-0.3, -0.25) is 9.69 Å². The van der Waals surface area contributed by atoms with Crippen molar-refractivity contribution in [3.8, 4) is 0 Å². The summed E-state index contributed by atoms with van der Waals surface area (Å²) in [5.41, 5.74) is 0. The molecule has 1 aromatic heterocycles. The van der Waals surface area contributed by atoms with Crippen LogP contribution in [0.4, 0.5) is 0 Å². The second kappa shape index (κ2) is 7.40. The van der Waals surface area contributed by atoms with Crippen LogP contribution >= 0.6 is 0 Å². The van der Waals surface area contributed by atoms with Crippen molar-refractivity contribution in [1.82, 2.24) is 20.4 Å². The lowest BCUT2D eigenvalue weighted by Crippen LogP contribution is -2.39. The van der Waals surface area contributed by atoms with Crippen LogP contribution in [0, 0.1) is 5.92 Å². The summed E-state index contributed by atoms with van der Waals surface area (Å²) >= 11 is 0. The molecule has 1 aromatic rings. The minimum absolute atomic E-state index is 0.0661. The van der Waals surface area contributed by atoms with E-state index in [-0.39, 0.29) is 17.9 Å². The Hall–Kier alpha value is -1.47. The van der Waals surface area contributed by atoms with Crippen molar-refractivity contribution < 1.29 is 14.1 Å². The Kier molecular flexibility index (Phi) is 5.27. The van der Waals surface area contributed by atoms with Gasteiger partial charge >= 0.3 is 0 Å². The Balaban J connectivity index is 1.52. The van der Waals surface area contributed by atoms with Crippen LogP contribution < -0.4 is 5.32 Å². The van der Waals surface area contributed by atoms with Gasteiger partial charge in [-0.1, -0.05) is 19.0 Å². The number of rotatable bonds is 6. The summed E-state index contributed by atoms with van der Waals surface area (Å²) in [5.74, 6) is 2.12. The first-order valence-electron chi connectivity index (χ1n) is 8.55. The van der Waals surface area contributed by atoms with E-state index in [2.05, 4.69) is 20.4 Å². The molecule has 2 saturated heterocycles. The van der Waals surface area contributed by atoms with Crippen LogP contribution in [0.15, 0.2) is 4.52 Å².